The Morgan fingerprint density at radius 1 is 1.05 bits per heavy atom. The fraction of sp³-hybridized carbons (Fsp3) is 1.00. The molecule has 20 heavy (non-hydrogen) atoms. The van der Waals surface area contributed by atoms with Crippen LogP contribution in [0, 0.1) is 10.1 Å². The molecule has 1 aliphatic rings. The Balaban J connectivity index is 2.09. The van der Waals surface area contributed by atoms with E-state index in [0.717, 1.165) is 12.8 Å². The Bertz CT molecular complexity index is 275. The highest BCUT2D eigenvalue weighted by atomic mass is 16.7. The van der Waals surface area contributed by atoms with E-state index in [9.17, 15) is 10.1 Å². The predicted octanol–water partition coefficient (Wildman–Crippen LogP) is 3.93. The van der Waals surface area contributed by atoms with E-state index >= 15 is 0 Å². The van der Waals surface area contributed by atoms with Crippen LogP contribution in [-0.2, 0) is 9.47 Å². The van der Waals surface area contributed by atoms with E-state index in [-0.39, 0.29) is 24.4 Å². The van der Waals surface area contributed by atoms with Crippen LogP contribution in [0.2, 0.25) is 0 Å². The number of nitro groups is 1. The molecule has 1 fully saturated rings. The molecule has 0 atom stereocenters. The van der Waals surface area contributed by atoms with E-state index in [1.807, 2.05) is 6.92 Å². The molecule has 0 aromatic carbocycles. The smallest absolute Gasteiger partial charge is 0.267 e. The third kappa shape index (κ3) is 5.37. The largest absolute Gasteiger partial charge is 0.345 e. The number of rotatable bonds is 10. The van der Waals surface area contributed by atoms with Gasteiger partial charge in [0.2, 0.25) is 0 Å². The highest BCUT2D eigenvalue weighted by Crippen LogP contribution is 2.24. The lowest BCUT2D eigenvalue weighted by atomic mass is 9.98. The van der Waals surface area contributed by atoms with Gasteiger partial charge in [-0.1, -0.05) is 52.4 Å². The van der Waals surface area contributed by atoms with Gasteiger partial charge in [-0.3, -0.25) is 10.1 Å². The highest BCUT2D eigenvalue weighted by Gasteiger charge is 2.46. The lowest BCUT2D eigenvalue weighted by molar-refractivity contribution is -0.592. The van der Waals surface area contributed by atoms with Gasteiger partial charge in [-0.25, -0.2) is 0 Å². The Morgan fingerprint density at radius 3 is 2.10 bits per heavy atom. The molecule has 0 unspecified atom stereocenters. The number of hydrogen-bond donors (Lipinski definition) is 0. The van der Waals surface area contributed by atoms with E-state index in [1.54, 1.807) is 0 Å². The van der Waals surface area contributed by atoms with Crippen LogP contribution in [0.4, 0.5) is 0 Å². The van der Waals surface area contributed by atoms with Gasteiger partial charge in [0.1, 0.15) is 13.2 Å². The Labute approximate surface area is 122 Å². The molecule has 0 saturated carbocycles. The molecule has 1 aliphatic heterocycles. The zero-order chi connectivity index (χ0) is 14.8. The molecule has 1 rings (SSSR count). The van der Waals surface area contributed by atoms with Crippen molar-refractivity contribution in [2.24, 2.45) is 0 Å². The number of nitrogens with zero attached hydrogens (tertiary/aromatic N) is 1. The van der Waals surface area contributed by atoms with Gasteiger partial charge in [0.15, 0.2) is 6.29 Å². The van der Waals surface area contributed by atoms with Crippen molar-refractivity contribution in [1.29, 1.82) is 0 Å². The SMILES string of the molecule is CCCCCCCCCC1OCC(CC)([N+](=O)[O-])CO1. The Hall–Kier alpha value is -0.680. The second-order valence-corrected chi connectivity index (χ2v) is 5.80. The van der Waals surface area contributed by atoms with Crippen LogP contribution >= 0.6 is 0 Å². The minimum absolute atomic E-state index is 0.178. The summed E-state index contributed by atoms with van der Waals surface area (Å²) in [5.74, 6) is 0. The monoisotopic (exact) mass is 287 g/mol. The number of unbranched alkanes of at least 4 members (excludes halogenated alkanes) is 6. The molecule has 0 aromatic heterocycles. The van der Waals surface area contributed by atoms with Crippen LogP contribution in [0.5, 0.6) is 0 Å². The molecule has 1 saturated heterocycles. The van der Waals surface area contributed by atoms with Crippen LogP contribution in [0.3, 0.4) is 0 Å². The van der Waals surface area contributed by atoms with E-state index in [0.29, 0.717) is 6.42 Å². The molecule has 0 aliphatic carbocycles. The molecule has 0 aromatic rings. The van der Waals surface area contributed by atoms with Crippen molar-refractivity contribution in [1.82, 2.24) is 0 Å². The minimum Gasteiger partial charge on any atom is -0.345 e. The quantitative estimate of drug-likeness (QED) is 0.347. The summed E-state index contributed by atoms with van der Waals surface area (Å²) in [5.41, 5.74) is -1.03. The molecule has 1 heterocycles. The summed E-state index contributed by atoms with van der Waals surface area (Å²) in [4.78, 5) is 10.8. The molecule has 0 N–H and O–H groups in total. The van der Waals surface area contributed by atoms with Crippen molar-refractivity contribution in [3.05, 3.63) is 10.1 Å². The second kappa shape index (κ2) is 9.29. The van der Waals surface area contributed by atoms with Gasteiger partial charge in [-0.05, 0) is 12.8 Å². The maximum Gasteiger partial charge on any atom is 0.267 e. The van der Waals surface area contributed by atoms with Gasteiger partial charge in [0.25, 0.3) is 5.54 Å². The van der Waals surface area contributed by atoms with E-state index in [4.69, 9.17) is 9.47 Å². The molecular weight excluding hydrogens is 258 g/mol. The molecule has 5 heteroatoms. The van der Waals surface area contributed by atoms with Crippen LogP contribution in [-0.4, -0.2) is 30.0 Å². The van der Waals surface area contributed by atoms with Gasteiger partial charge >= 0.3 is 0 Å². The van der Waals surface area contributed by atoms with Gasteiger partial charge in [-0.15, -0.1) is 0 Å². The average Bonchev–Trinajstić information content (AvgIpc) is 2.47. The number of ether oxygens (including phenoxy) is 2. The first-order valence-corrected chi connectivity index (χ1v) is 8.02. The summed E-state index contributed by atoms with van der Waals surface area (Å²) in [6.45, 7) is 4.39. The lowest BCUT2D eigenvalue weighted by Crippen LogP contribution is -2.52. The standard InChI is InChI=1S/C15H29NO4/c1-3-5-6-7-8-9-10-11-14-19-12-15(4-2,13-20-14)16(17)18/h14H,3-13H2,1-2H3. The van der Waals surface area contributed by atoms with E-state index in [1.165, 1.54) is 38.5 Å². The van der Waals surface area contributed by atoms with Crippen molar-refractivity contribution >= 4 is 0 Å². The summed E-state index contributed by atoms with van der Waals surface area (Å²) < 4.78 is 11.1. The van der Waals surface area contributed by atoms with Crippen LogP contribution in [0.1, 0.15) is 71.6 Å². The molecule has 5 nitrogen and oxygen atoms in total. The molecular formula is C15H29NO4. The van der Waals surface area contributed by atoms with Gasteiger partial charge < -0.3 is 9.47 Å². The predicted molar refractivity (Wildman–Crippen MR) is 78.3 cm³/mol. The summed E-state index contributed by atoms with van der Waals surface area (Å²) in [6.07, 6.45) is 9.83. The summed E-state index contributed by atoms with van der Waals surface area (Å²) in [7, 11) is 0. The van der Waals surface area contributed by atoms with Crippen molar-refractivity contribution in [3.8, 4) is 0 Å². The van der Waals surface area contributed by atoms with Crippen molar-refractivity contribution in [2.75, 3.05) is 13.2 Å². The first kappa shape index (κ1) is 17.4. The molecule has 118 valence electrons. The minimum atomic E-state index is -1.03. The summed E-state index contributed by atoms with van der Waals surface area (Å²) >= 11 is 0. The topological polar surface area (TPSA) is 61.6 Å². The van der Waals surface area contributed by atoms with Gasteiger partial charge in [0.05, 0.1) is 0 Å². The summed E-state index contributed by atoms with van der Waals surface area (Å²) in [5, 5.41) is 11.0. The molecule has 0 radical (unpaired) electrons. The van der Waals surface area contributed by atoms with Crippen LogP contribution in [0.25, 0.3) is 0 Å². The third-order valence-electron chi connectivity index (χ3n) is 4.16. The van der Waals surface area contributed by atoms with Crippen LogP contribution in [0.15, 0.2) is 0 Å². The normalized spacial score (nSPS) is 26.6. The van der Waals surface area contributed by atoms with E-state index in [2.05, 4.69) is 6.92 Å². The van der Waals surface area contributed by atoms with Gasteiger partial charge in [0, 0.05) is 11.3 Å². The highest BCUT2D eigenvalue weighted by molar-refractivity contribution is 4.80. The van der Waals surface area contributed by atoms with Crippen molar-refractivity contribution < 1.29 is 14.4 Å². The first-order valence-electron chi connectivity index (χ1n) is 8.02. The lowest BCUT2D eigenvalue weighted by Gasteiger charge is -2.32. The van der Waals surface area contributed by atoms with Gasteiger partial charge in [-0.2, -0.15) is 0 Å². The molecule has 0 spiro atoms. The van der Waals surface area contributed by atoms with E-state index < -0.39 is 5.54 Å². The van der Waals surface area contributed by atoms with Crippen LogP contribution < -0.4 is 0 Å². The maximum atomic E-state index is 11.0. The fourth-order valence-electron chi connectivity index (χ4n) is 2.46. The Morgan fingerprint density at radius 2 is 1.60 bits per heavy atom. The third-order valence-corrected chi connectivity index (χ3v) is 4.16. The van der Waals surface area contributed by atoms with Crippen molar-refractivity contribution in [2.45, 2.75) is 83.5 Å². The fourth-order valence-corrected chi connectivity index (χ4v) is 2.46. The molecule has 0 bridgehead atoms. The zero-order valence-electron chi connectivity index (χ0n) is 12.9. The zero-order valence-corrected chi connectivity index (χ0v) is 12.9. The second-order valence-electron chi connectivity index (χ2n) is 5.80. The van der Waals surface area contributed by atoms with Crippen molar-refractivity contribution in [3.63, 3.8) is 0 Å². The molecule has 0 amide bonds. The maximum absolute atomic E-state index is 11.0. The summed E-state index contributed by atoms with van der Waals surface area (Å²) in [6, 6.07) is 0. The number of hydrogen-bond acceptors (Lipinski definition) is 4. The average molecular weight is 287 g/mol. The first-order chi connectivity index (χ1) is 9.64. The Kier molecular flexibility index (Phi) is 8.07.